The zero-order chi connectivity index (χ0) is 18.0. The van der Waals surface area contributed by atoms with Crippen LogP contribution in [0.5, 0.6) is 0 Å². The average Bonchev–Trinajstić information content (AvgIpc) is 2.84. The van der Waals surface area contributed by atoms with Gasteiger partial charge in [0.2, 0.25) is 5.91 Å². The lowest BCUT2D eigenvalue weighted by Gasteiger charge is -2.14. The number of amides is 3. The Hall–Kier alpha value is -3.48. The van der Waals surface area contributed by atoms with Crippen LogP contribution in [0.1, 0.15) is 38.0 Å². The Morgan fingerprint density at radius 3 is 2.04 bits per heavy atom. The number of nitrogens with one attached hydrogen (secondary N) is 1. The molecule has 1 heterocycles. The fourth-order valence-corrected chi connectivity index (χ4v) is 2.46. The third-order valence-electron chi connectivity index (χ3n) is 3.64. The van der Waals surface area contributed by atoms with Gasteiger partial charge in [-0.1, -0.05) is 12.1 Å². The van der Waals surface area contributed by atoms with E-state index in [4.69, 9.17) is 4.74 Å². The van der Waals surface area contributed by atoms with E-state index in [2.05, 4.69) is 5.32 Å². The molecule has 0 unspecified atom stereocenters. The van der Waals surface area contributed by atoms with E-state index < -0.39 is 24.5 Å². The number of nitrogens with zero attached hydrogens (tertiary/aromatic N) is 1. The van der Waals surface area contributed by atoms with Crippen molar-refractivity contribution in [2.45, 2.75) is 6.92 Å². The van der Waals surface area contributed by atoms with Crippen LogP contribution in [0.15, 0.2) is 48.5 Å². The molecule has 0 aliphatic carbocycles. The van der Waals surface area contributed by atoms with Crippen LogP contribution >= 0.6 is 0 Å². The average molecular weight is 338 g/mol. The first kappa shape index (κ1) is 16.4. The second-order valence-corrected chi connectivity index (χ2v) is 5.40. The van der Waals surface area contributed by atoms with Crippen molar-refractivity contribution >= 4 is 29.4 Å². The number of imide groups is 1. The first-order valence-corrected chi connectivity index (χ1v) is 7.47. The van der Waals surface area contributed by atoms with Crippen LogP contribution in [0, 0.1) is 0 Å². The maximum atomic E-state index is 12.2. The lowest BCUT2D eigenvalue weighted by molar-refractivity contribution is -0.114. The molecular formula is C18H14N2O5. The van der Waals surface area contributed by atoms with Gasteiger partial charge >= 0.3 is 5.97 Å². The van der Waals surface area contributed by atoms with Gasteiger partial charge in [0.25, 0.3) is 11.8 Å². The highest BCUT2D eigenvalue weighted by molar-refractivity contribution is 6.21. The minimum Gasteiger partial charge on any atom is -0.440 e. The third-order valence-corrected chi connectivity index (χ3v) is 3.64. The number of esters is 1. The standard InChI is InChI=1S/C18H14N2O5/c1-11(21)19-13-8-6-12(7-9-13)18(24)25-10-20-16(22)14-4-2-3-5-15(14)17(20)23/h2-9H,10H2,1H3,(H,19,21). The Kier molecular flexibility index (Phi) is 4.30. The molecule has 2 aromatic rings. The van der Waals surface area contributed by atoms with Gasteiger partial charge in [-0.2, -0.15) is 0 Å². The summed E-state index contributed by atoms with van der Waals surface area (Å²) in [5, 5.41) is 2.58. The van der Waals surface area contributed by atoms with Gasteiger partial charge < -0.3 is 10.1 Å². The molecule has 0 bridgehead atoms. The summed E-state index contributed by atoms with van der Waals surface area (Å²) in [6.07, 6.45) is 0. The number of rotatable bonds is 4. The van der Waals surface area contributed by atoms with Crippen molar-refractivity contribution < 1.29 is 23.9 Å². The van der Waals surface area contributed by atoms with Gasteiger partial charge in [-0.15, -0.1) is 0 Å². The zero-order valence-electron chi connectivity index (χ0n) is 13.3. The summed E-state index contributed by atoms with van der Waals surface area (Å²) < 4.78 is 5.06. The number of fused-ring (bicyclic) bond motifs is 1. The van der Waals surface area contributed by atoms with Gasteiger partial charge in [0.1, 0.15) is 0 Å². The molecule has 2 aromatic carbocycles. The highest BCUT2D eigenvalue weighted by atomic mass is 16.5. The molecule has 0 radical (unpaired) electrons. The topological polar surface area (TPSA) is 92.8 Å². The van der Waals surface area contributed by atoms with Crippen LogP contribution in [0.3, 0.4) is 0 Å². The van der Waals surface area contributed by atoms with Crippen LogP contribution in [0.2, 0.25) is 0 Å². The molecule has 0 saturated carbocycles. The Labute approximate surface area is 143 Å². The largest absolute Gasteiger partial charge is 0.440 e. The van der Waals surface area contributed by atoms with Crippen LogP contribution in [-0.4, -0.2) is 35.3 Å². The summed E-state index contributed by atoms with van der Waals surface area (Å²) >= 11 is 0. The van der Waals surface area contributed by atoms with Gasteiger partial charge in [0.05, 0.1) is 16.7 Å². The van der Waals surface area contributed by atoms with E-state index in [0.29, 0.717) is 16.8 Å². The molecule has 0 atom stereocenters. The summed E-state index contributed by atoms with van der Waals surface area (Å²) in [7, 11) is 0. The predicted octanol–water partition coefficient (Wildman–Crippen LogP) is 2.06. The van der Waals surface area contributed by atoms with E-state index in [0.717, 1.165) is 4.90 Å². The number of hydrogen-bond donors (Lipinski definition) is 1. The molecule has 0 spiro atoms. The lowest BCUT2D eigenvalue weighted by atomic mass is 10.1. The molecule has 126 valence electrons. The molecular weight excluding hydrogens is 324 g/mol. The van der Waals surface area contributed by atoms with Crippen molar-refractivity contribution in [1.29, 1.82) is 0 Å². The SMILES string of the molecule is CC(=O)Nc1ccc(C(=O)OCN2C(=O)c3ccccc3C2=O)cc1. The molecule has 1 N–H and O–H groups in total. The Balaban J connectivity index is 1.64. The van der Waals surface area contributed by atoms with Crippen molar-refractivity contribution in [2.75, 3.05) is 12.0 Å². The van der Waals surface area contributed by atoms with E-state index in [1.165, 1.54) is 19.1 Å². The molecule has 0 fully saturated rings. The van der Waals surface area contributed by atoms with E-state index in [1.807, 2.05) is 0 Å². The molecule has 0 aromatic heterocycles. The summed E-state index contributed by atoms with van der Waals surface area (Å²) in [5.74, 6) is -1.88. The van der Waals surface area contributed by atoms with Gasteiger partial charge in [0, 0.05) is 12.6 Å². The van der Waals surface area contributed by atoms with E-state index in [9.17, 15) is 19.2 Å². The van der Waals surface area contributed by atoms with Crippen molar-refractivity contribution in [3.63, 3.8) is 0 Å². The predicted molar refractivity (Wildman–Crippen MR) is 88.0 cm³/mol. The van der Waals surface area contributed by atoms with Crippen molar-refractivity contribution in [3.8, 4) is 0 Å². The maximum absolute atomic E-state index is 12.2. The second kappa shape index (κ2) is 6.56. The van der Waals surface area contributed by atoms with E-state index in [-0.39, 0.29) is 11.5 Å². The fourth-order valence-electron chi connectivity index (χ4n) is 2.46. The fraction of sp³-hybridized carbons (Fsp3) is 0.111. The quantitative estimate of drug-likeness (QED) is 0.680. The number of benzene rings is 2. The van der Waals surface area contributed by atoms with Crippen LogP contribution in [0.25, 0.3) is 0 Å². The smallest absolute Gasteiger partial charge is 0.339 e. The highest BCUT2D eigenvalue weighted by Gasteiger charge is 2.35. The maximum Gasteiger partial charge on any atom is 0.339 e. The molecule has 3 rings (SSSR count). The summed E-state index contributed by atoms with van der Waals surface area (Å²) in [5.41, 5.74) is 1.38. The Bertz CT molecular complexity index is 838. The minimum atomic E-state index is -0.675. The summed E-state index contributed by atoms with van der Waals surface area (Å²) in [4.78, 5) is 48.3. The Morgan fingerprint density at radius 1 is 0.960 bits per heavy atom. The van der Waals surface area contributed by atoms with Gasteiger partial charge in [0.15, 0.2) is 6.73 Å². The number of ether oxygens (including phenoxy) is 1. The first-order chi connectivity index (χ1) is 12.0. The molecule has 3 amide bonds. The lowest BCUT2D eigenvalue weighted by Crippen LogP contribution is -2.33. The molecule has 25 heavy (non-hydrogen) atoms. The summed E-state index contributed by atoms with van der Waals surface area (Å²) in [6, 6.07) is 12.5. The normalized spacial score (nSPS) is 12.8. The van der Waals surface area contributed by atoms with E-state index >= 15 is 0 Å². The minimum absolute atomic E-state index is 0.221. The monoisotopic (exact) mass is 338 g/mol. The molecule has 7 nitrogen and oxygen atoms in total. The Morgan fingerprint density at radius 2 is 1.52 bits per heavy atom. The van der Waals surface area contributed by atoms with Crippen LogP contribution < -0.4 is 5.32 Å². The van der Waals surface area contributed by atoms with E-state index in [1.54, 1.807) is 36.4 Å². The number of carbonyl (C=O) groups excluding carboxylic acids is 4. The third kappa shape index (κ3) is 3.25. The van der Waals surface area contributed by atoms with Crippen molar-refractivity contribution in [2.24, 2.45) is 0 Å². The molecule has 7 heteroatoms. The van der Waals surface area contributed by atoms with Crippen LogP contribution in [-0.2, 0) is 9.53 Å². The van der Waals surface area contributed by atoms with Crippen molar-refractivity contribution in [1.82, 2.24) is 4.90 Å². The molecule has 1 aliphatic heterocycles. The van der Waals surface area contributed by atoms with Gasteiger partial charge in [-0.05, 0) is 36.4 Å². The number of anilines is 1. The number of hydrogen-bond acceptors (Lipinski definition) is 5. The highest BCUT2D eigenvalue weighted by Crippen LogP contribution is 2.22. The first-order valence-electron chi connectivity index (χ1n) is 7.47. The van der Waals surface area contributed by atoms with Gasteiger partial charge in [-0.25, -0.2) is 9.69 Å². The van der Waals surface area contributed by atoms with Gasteiger partial charge in [-0.3, -0.25) is 14.4 Å². The second-order valence-electron chi connectivity index (χ2n) is 5.40. The zero-order valence-corrected chi connectivity index (χ0v) is 13.3. The molecule has 1 aliphatic rings. The van der Waals surface area contributed by atoms with Crippen LogP contribution in [0.4, 0.5) is 5.69 Å². The number of carbonyl (C=O) groups is 4. The molecule has 0 saturated heterocycles. The van der Waals surface area contributed by atoms with Crippen molar-refractivity contribution in [3.05, 3.63) is 65.2 Å². The summed E-state index contributed by atoms with van der Waals surface area (Å²) in [6.45, 7) is 0.920.